The van der Waals surface area contributed by atoms with E-state index in [4.69, 9.17) is 5.11 Å². The van der Waals surface area contributed by atoms with Gasteiger partial charge in [0.05, 0.1) is 0 Å². The maximum Gasteiger partial charge on any atom is 0.321 e. The molecule has 2 N–H and O–H groups in total. The summed E-state index contributed by atoms with van der Waals surface area (Å²) >= 11 is 2.20. The standard InChI is InChI=1S/C14H18IN3O3/c1-10(13(19)20)17-5-7-18(8-6-17)14(21)16-12-4-2-3-11(15)9-12/h2-4,9-10H,5-8H2,1H3,(H,16,21)(H,19,20). The molecule has 1 aromatic rings. The van der Waals surface area contributed by atoms with Gasteiger partial charge in [-0.15, -0.1) is 0 Å². The summed E-state index contributed by atoms with van der Waals surface area (Å²) in [6.07, 6.45) is 0. The van der Waals surface area contributed by atoms with E-state index in [1.54, 1.807) is 11.8 Å². The van der Waals surface area contributed by atoms with Crippen molar-refractivity contribution in [1.82, 2.24) is 9.80 Å². The van der Waals surface area contributed by atoms with Gasteiger partial charge in [0.1, 0.15) is 6.04 Å². The Bertz CT molecular complexity index is 530. The van der Waals surface area contributed by atoms with Crippen molar-refractivity contribution in [1.29, 1.82) is 0 Å². The molecule has 1 aromatic carbocycles. The van der Waals surface area contributed by atoms with E-state index >= 15 is 0 Å². The largest absolute Gasteiger partial charge is 0.480 e. The highest BCUT2D eigenvalue weighted by atomic mass is 127. The maximum absolute atomic E-state index is 12.2. The van der Waals surface area contributed by atoms with Gasteiger partial charge in [-0.3, -0.25) is 9.69 Å². The number of amides is 2. The monoisotopic (exact) mass is 403 g/mol. The Morgan fingerprint density at radius 1 is 1.29 bits per heavy atom. The molecule has 1 saturated heterocycles. The van der Waals surface area contributed by atoms with Crippen LogP contribution in [0.25, 0.3) is 0 Å². The molecule has 2 rings (SSSR count). The summed E-state index contributed by atoms with van der Waals surface area (Å²) in [6, 6.07) is 6.96. The van der Waals surface area contributed by atoms with Gasteiger partial charge in [0.25, 0.3) is 0 Å². The van der Waals surface area contributed by atoms with E-state index in [1.165, 1.54) is 0 Å². The summed E-state index contributed by atoms with van der Waals surface area (Å²) in [4.78, 5) is 26.7. The molecule has 21 heavy (non-hydrogen) atoms. The lowest BCUT2D eigenvalue weighted by Crippen LogP contribution is -2.53. The van der Waals surface area contributed by atoms with Gasteiger partial charge in [0.2, 0.25) is 0 Å². The first-order valence-electron chi connectivity index (χ1n) is 6.75. The Labute approximate surface area is 137 Å². The zero-order valence-corrected chi connectivity index (χ0v) is 13.9. The van der Waals surface area contributed by atoms with Crippen LogP contribution in [0.15, 0.2) is 24.3 Å². The lowest BCUT2D eigenvalue weighted by atomic mass is 10.2. The van der Waals surface area contributed by atoms with Crippen LogP contribution in [-0.4, -0.2) is 59.1 Å². The highest BCUT2D eigenvalue weighted by molar-refractivity contribution is 14.1. The van der Waals surface area contributed by atoms with Crippen molar-refractivity contribution in [3.8, 4) is 0 Å². The number of piperazine rings is 1. The first-order chi connectivity index (χ1) is 9.97. The second kappa shape index (κ2) is 7.08. The molecule has 114 valence electrons. The Balaban J connectivity index is 1.87. The van der Waals surface area contributed by atoms with Crippen LogP contribution in [-0.2, 0) is 4.79 Å². The number of rotatable bonds is 3. The first kappa shape index (κ1) is 16.0. The number of urea groups is 1. The molecule has 0 aliphatic carbocycles. The van der Waals surface area contributed by atoms with Crippen molar-refractivity contribution >= 4 is 40.3 Å². The van der Waals surface area contributed by atoms with Crippen LogP contribution in [0.4, 0.5) is 10.5 Å². The molecule has 0 spiro atoms. The van der Waals surface area contributed by atoms with Gasteiger partial charge in [0, 0.05) is 35.4 Å². The number of carboxylic acid groups (broad SMARTS) is 1. The third kappa shape index (κ3) is 4.31. The predicted octanol–water partition coefficient (Wildman–Crippen LogP) is 1.91. The van der Waals surface area contributed by atoms with E-state index in [1.807, 2.05) is 29.2 Å². The van der Waals surface area contributed by atoms with Crippen molar-refractivity contribution in [2.75, 3.05) is 31.5 Å². The van der Waals surface area contributed by atoms with Gasteiger partial charge >= 0.3 is 12.0 Å². The number of carbonyl (C=O) groups excluding carboxylic acids is 1. The Morgan fingerprint density at radius 2 is 1.95 bits per heavy atom. The van der Waals surface area contributed by atoms with Crippen molar-refractivity contribution in [2.45, 2.75) is 13.0 Å². The lowest BCUT2D eigenvalue weighted by molar-refractivity contribution is -0.143. The minimum absolute atomic E-state index is 0.139. The first-order valence-corrected chi connectivity index (χ1v) is 7.83. The second-order valence-corrected chi connectivity index (χ2v) is 6.22. The van der Waals surface area contributed by atoms with Gasteiger partial charge in [-0.1, -0.05) is 6.07 Å². The van der Waals surface area contributed by atoms with Gasteiger partial charge in [-0.25, -0.2) is 4.79 Å². The average Bonchev–Trinajstić information content (AvgIpc) is 2.46. The Morgan fingerprint density at radius 3 is 2.52 bits per heavy atom. The van der Waals surface area contributed by atoms with Crippen LogP contribution in [0, 0.1) is 3.57 Å². The molecule has 1 heterocycles. The van der Waals surface area contributed by atoms with E-state index in [0.717, 1.165) is 9.26 Å². The molecule has 6 nitrogen and oxygen atoms in total. The Hall–Kier alpha value is -1.35. The Kier molecular flexibility index (Phi) is 5.40. The third-order valence-electron chi connectivity index (χ3n) is 3.58. The van der Waals surface area contributed by atoms with Crippen LogP contribution in [0.2, 0.25) is 0 Å². The molecule has 0 saturated carbocycles. The summed E-state index contributed by atoms with van der Waals surface area (Å²) in [5.74, 6) is -0.827. The number of carboxylic acids is 1. The molecule has 1 unspecified atom stereocenters. The predicted molar refractivity (Wildman–Crippen MR) is 88.4 cm³/mol. The molecule has 1 aliphatic heterocycles. The van der Waals surface area contributed by atoms with E-state index in [9.17, 15) is 9.59 Å². The highest BCUT2D eigenvalue weighted by Gasteiger charge is 2.27. The summed E-state index contributed by atoms with van der Waals surface area (Å²) in [7, 11) is 0. The zero-order chi connectivity index (χ0) is 15.4. The number of carbonyl (C=O) groups is 2. The van der Waals surface area contributed by atoms with Crippen LogP contribution in [0.5, 0.6) is 0 Å². The molecule has 1 fully saturated rings. The summed E-state index contributed by atoms with van der Waals surface area (Å²) in [5, 5.41) is 11.9. The van der Waals surface area contributed by atoms with E-state index < -0.39 is 12.0 Å². The molecule has 0 bridgehead atoms. The van der Waals surface area contributed by atoms with Gasteiger partial charge in [0.15, 0.2) is 0 Å². The van der Waals surface area contributed by atoms with Gasteiger partial charge < -0.3 is 15.3 Å². The smallest absolute Gasteiger partial charge is 0.321 e. The maximum atomic E-state index is 12.2. The fourth-order valence-corrected chi connectivity index (χ4v) is 2.78. The minimum Gasteiger partial charge on any atom is -0.480 e. The van der Waals surface area contributed by atoms with E-state index in [0.29, 0.717) is 26.2 Å². The number of nitrogens with zero attached hydrogens (tertiary/aromatic N) is 2. The van der Waals surface area contributed by atoms with Crippen LogP contribution >= 0.6 is 22.6 Å². The molecule has 0 radical (unpaired) electrons. The molecule has 1 aliphatic rings. The summed E-state index contributed by atoms with van der Waals surface area (Å²) < 4.78 is 1.06. The number of nitrogens with one attached hydrogen (secondary N) is 1. The normalized spacial score (nSPS) is 17.3. The van der Waals surface area contributed by atoms with Crippen LogP contribution in [0.1, 0.15) is 6.92 Å². The van der Waals surface area contributed by atoms with Crippen molar-refractivity contribution in [2.24, 2.45) is 0 Å². The van der Waals surface area contributed by atoms with Crippen LogP contribution < -0.4 is 5.32 Å². The quantitative estimate of drug-likeness (QED) is 0.757. The SMILES string of the molecule is CC(C(=O)O)N1CCN(C(=O)Nc2cccc(I)c2)CC1. The van der Waals surface area contributed by atoms with Crippen molar-refractivity contribution in [3.63, 3.8) is 0 Å². The fourth-order valence-electron chi connectivity index (χ4n) is 2.24. The molecule has 1 atom stereocenters. The zero-order valence-electron chi connectivity index (χ0n) is 11.8. The van der Waals surface area contributed by atoms with Gasteiger partial charge in [-0.2, -0.15) is 0 Å². The number of benzene rings is 1. The summed E-state index contributed by atoms with van der Waals surface area (Å²) in [5.41, 5.74) is 0.772. The molecule has 2 amide bonds. The van der Waals surface area contributed by atoms with E-state index in [-0.39, 0.29) is 6.03 Å². The average molecular weight is 403 g/mol. The molecule has 7 heteroatoms. The van der Waals surface area contributed by atoms with Crippen molar-refractivity contribution < 1.29 is 14.7 Å². The third-order valence-corrected chi connectivity index (χ3v) is 4.25. The molecular formula is C14H18IN3O3. The summed E-state index contributed by atoms with van der Waals surface area (Å²) in [6.45, 7) is 3.89. The lowest BCUT2D eigenvalue weighted by Gasteiger charge is -2.36. The second-order valence-electron chi connectivity index (χ2n) is 4.98. The van der Waals surface area contributed by atoms with Gasteiger partial charge in [-0.05, 0) is 47.7 Å². The molecular weight excluding hydrogens is 385 g/mol. The minimum atomic E-state index is -0.827. The topological polar surface area (TPSA) is 72.9 Å². The van der Waals surface area contributed by atoms with E-state index in [2.05, 4.69) is 27.9 Å². The number of anilines is 1. The fraction of sp³-hybridized carbons (Fsp3) is 0.429. The van der Waals surface area contributed by atoms with Crippen molar-refractivity contribution in [3.05, 3.63) is 27.8 Å². The number of hydrogen-bond acceptors (Lipinski definition) is 3. The highest BCUT2D eigenvalue weighted by Crippen LogP contribution is 2.14. The number of hydrogen-bond donors (Lipinski definition) is 2. The molecule has 0 aromatic heterocycles. The number of halogens is 1. The number of aliphatic carboxylic acids is 1. The van der Waals surface area contributed by atoms with Crippen LogP contribution in [0.3, 0.4) is 0 Å².